The first-order valence-corrected chi connectivity index (χ1v) is 13.8. The second-order valence-corrected chi connectivity index (χ2v) is 10.7. The van der Waals surface area contributed by atoms with Gasteiger partial charge in [0.1, 0.15) is 11.8 Å². The molecule has 2 atom stereocenters. The molecule has 3 aromatic carbocycles. The van der Waals surface area contributed by atoms with Gasteiger partial charge in [-0.25, -0.2) is 0 Å². The molecular weight excluding hydrogens is 599 g/mol. The van der Waals surface area contributed by atoms with E-state index >= 15 is 0 Å². The number of nitrogens with one attached hydrogen (secondary N) is 1. The second kappa shape index (κ2) is 14.1. The van der Waals surface area contributed by atoms with Crippen molar-refractivity contribution in [3.05, 3.63) is 97.4 Å². The van der Waals surface area contributed by atoms with Gasteiger partial charge in [-0.2, -0.15) is 0 Å². The van der Waals surface area contributed by atoms with Crippen LogP contribution in [0.3, 0.4) is 0 Å². The summed E-state index contributed by atoms with van der Waals surface area (Å²) in [7, 11) is 0. The summed E-state index contributed by atoms with van der Waals surface area (Å²) < 4.78 is 6.44. The van der Waals surface area contributed by atoms with Crippen LogP contribution in [-0.2, 0) is 22.6 Å². The lowest BCUT2D eigenvalue weighted by Crippen LogP contribution is -2.53. The molecule has 196 valence electrons. The van der Waals surface area contributed by atoms with E-state index < -0.39 is 11.9 Å². The third-order valence-electron chi connectivity index (χ3n) is 5.91. The molecule has 0 aliphatic rings. The number of nitrogens with zero attached hydrogens (tertiary/aromatic N) is 1. The van der Waals surface area contributed by atoms with Gasteiger partial charge in [0.25, 0.3) is 5.91 Å². The van der Waals surface area contributed by atoms with E-state index in [1.807, 2.05) is 44.2 Å². The van der Waals surface area contributed by atoms with E-state index in [1.54, 1.807) is 36.4 Å². The Bertz CT molecular complexity index is 1210. The molecule has 9 heteroatoms. The van der Waals surface area contributed by atoms with Gasteiger partial charge in [-0.05, 0) is 65.2 Å². The molecule has 1 N–H and O–H groups in total. The van der Waals surface area contributed by atoms with Crippen molar-refractivity contribution in [2.24, 2.45) is 0 Å². The number of benzene rings is 3. The molecule has 0 bridgehead atoms. The Morgan fingerprint density at radius 2 is 1.68 bits per heavy atom. The SMILES string of the molecule is CCC(C)NC(=O)C(Cc1ccccc1)N(Cc1c(Cl)cccc1Cl)C(=O)COc1ccc(Cl)cc1Br. The van der Waals surface area contributed by atoms with E-state index in [2.05, 4.69) is 21.2 Å². The first-order valence-electron chi connectivity index (χ1n) is 11.8. The van der Waals surface area contributed by atoms with Crippen LogP contribution in [-0.4, -0.2) is 35.4 Å². The van der Waals surface area contributed by atoms with Crippen LogP contribution < -0.4 is 10.1 Å². The van der Waals surface area contributed by atoms with Gasteiger partial charge in [0.15, 0.2) is 6.61 Å². The Labute approximate surface area is 241 Å². The van der Waals surface area contributed by atoms with Crippen molar-refractivity contribution in [1.29, 1.82) is 0 Å². The zero-order valence-corrected chi connectivity index (χ0v) is 24.4. The van der Waals surface area contributed by atoms with E-state index in [0.717, 1.165) is 12.0 Å². The maximum Gasteiger partial charge on any atom is 0.261 e. The fourth-order valence-electron chi connectivity index (χ4n) is 3.66. The molecule has 0 saturated heterocycles. The highest BCUT2D eigenvalue weighted by Gasteiger charge is 2.32. The summed E-state index contributed by atoms with van der Waals surface area (Å²) in [6.45, 7) is 3.65. The van der Waals surface area contributed by atoms with Gasteiger partial charge in [0, 0.05) is 39.6 Å². The highest BCUT2D eigenvalue weighted by atomic mass is 79.9. The standard InChI is InChI=1S/C28H28BrCl3N2O3/c1-3-18(2)33-28(36)25(14-19-8-5-4-6-9-19)34(16-21-23(31)10-7-11-24(21)32)27(35)17-37-26-13-12-20(30)15-22(26)29/h4-13,15,18,25H,3,14,16-17H2,1-2H3,(H,33,36). The predicted octanol–water partition coefficient (Wildman–Crippen LogP) is 7.34. The Hall–Kier alpha value is -2.25. The molecule has 2 unspecified atom stereocenters. The van der Waals surface area contributed by atoms with Crippen LogP contribution in [0.5, 0.6) is 5.75 Å². The molecule has 0 heterocycles. The minimum Gasteiger partial charge on any atom is -0.483 e. The molecule has 3 rings (SSSR count). The number of carbonyl (C=O) groups excluding carboxylic acids is 2. The third-order valence-corrected chi connectivity index (χ3v) is 7.47. The Kier molecular flexibility index (Phi) is 11.1. The molecule has 0 saturated carbocycles. The maximum atomic E-state index is 13.7. The van der Waals surface area contributed by atoms with Crippen molar-refractivity contribution >= 4 is 62.5 Å². The van der Waals surface area contributed by atoms with Gasteiger partial charge in [-0.1, -0.05) is 78.1 Å². The first kappa shape index (κ1) is 29.3. The molecule has 0 fully saturated rings. The molecule has 37 heavy (non-hydrogen) atoms. The van der Waals surface area contributed by atoms with Crippen molar-refractivity contribution < 1.29 is 14.3 Å². The van der Waals surface area contributed by atoms with Crippen LogP contribution in [0.25, 0.3) is 0 Å². The first-order chi connectivity index (χ1) is 17.7. The van der Waals surface area contributed by atoms with Crippen molar-refractivity contribution in [2.45, 2.75) is 45.3 Å². The summed E-state index contributed by atoms with van der Waals surface area (Å²) in [6, 6.07) is 18.8. The number of amides is 2. The lowest BCUT2D eigenvalue weighted by Gasteiger charge is -2.32. The summed E-state index contributed by atoms with van der Waals surface area (Å²) in [5.74, 6) is -0.197. The average molecular weight is 627 g/mol. The average Bonchev–Trinajstić information content (AvgIpc) is 2.87. The quantitative estimate of drug-likeness (QED) is 0.242. The third kappa shape index (κ3) is 8.37. The number of carbonyl (C=O) groups is 2. The summed E-state index contributed by atoms with van der Waals surface area (Å²) in [4.78, 5) is 28.7. The molecular formula is C28H28BrCl3N2O3. The van der Waals surface area contributed by atoms with Gasteiger partial charge in [-0.15, -0.1) is 0 Å². The van der Waals surface area contributed by atoms with Crippen molar-refractivity contribution in [1.82, 2.24) is 10.2 Å². The minimum atomic E-state index is -0.825. The van der Waals surface area contributed by atoms with Crippen LogP contribution in [0.4, 0.5) is 0 Å². The second-order valence-electron chi connectivity index (χ2n) is 8.61. The van der Waals surface area contributed by atoms with Crippen molar-refractivity contribution in [2.75, 3.05) is 6.61 Å². The van der Waals surface area contributed by atoms with Crippen molar-refractivity contribution in [3.63, 3.8) is 0 Å². The molecule has 0 radical (unpaired) electrons. The molecule has 0 aliphatic carbocycles. The number of halogens is 4. The number of rotatable bonds is 11. The largest absolute Gasteiger partial charge is 0.483 e. The molecule has 5 nitrogen and oxygen atoms in total. The highest BCUT2D eigenvalue weighted by Crippen LogP contribution is 2.29. The Balaban J connectivity index is 1.97. The van der Waals surface area contributed by atoms with Crippen LogP contribution in [0.1, 0.15) is 31.4 Å². The molecule has 2 amide bonds. The number of ether oxygens (including phenoxy) is 1. The number of hydrogen-bond acceptors (Lipinski definition) is 3. The van der Waals surface area contributed by atoms with E-state index in [1.165, 1.54) is 4.90 Å². The fraction of sp³-hybridized carbons (Fsp3) is 0.286. The van der Waals surface area contributed by atoms with Crippen molar-refractivity contribution in [3.8, 4) is 5.75 Å². The summed E-state index contributed by atoms with van der Waals surface area (Å²) in [5.41, 5.74) is 1.47. The zero-order valence-electron chi connectivity index (χ0n) is 20.5. The van der Waals surface area contributed by atoms with E-state index in [-0.39, 0.29) is 25.1 Å². The maximum absolute atomic E-state index is 13.7. The smallest absolute Gasteiger partial charge is 0.261 e. The van der Waals surface area contributed by atoms with Crippen LogP contribution >= 0.6 is 50.7 Å². The van der Waals surface area contributed by atoms with Gasteiger partial charge in [-0.3, -0.25) is 9.59 Å². The predicted molar refractivity (Wildman–Crippen MR) is 153 cm³/mol. The van der Waals surface area contributed by atoms with Crippen LogP contribution in [0.2, 0.25) is 15.1 Å². The van der Waals surface area contributed by atoms with E-state index in [9.17, 15) is 9.59 Å². The monoisotopic (exact) mass is 624 g/mol. The van der Waals surface area contributed by atoms with Gasteiger partial charge < -0.3 is 15.0 Å². The summed E-state index contributed by atoms with van der Waals surface area (Å²) in [5, 5.41) is 4.38. The lowest BCUT2D eigenvalue weighted by molar-refractivity contribution is -0.143. The Morgan fingerprint density at radius 1 is 1.00 bits per heavy atom. The normalized spacial score (nSPS) is 12.5. The van der Waals surface area contributed by atoms with E-state index in [0.29, 0.717) is 37.3 Å². The lowest BCUT2D eigenvalue weighted by atomic mass is 10.0. The molecule has 0 spiro atoms. The summed E-state index contributed by atoms with van der Waals surface area (Å²) >= 11 is 22.4. The van der Waals surface area contributed by atoms with Crippen LogP contribution in [0.15, 0.2) is 71.2 Å². The highest BCUT2D eigenvalue weighted by molar-refractivity contribution is 9.10. The van der Waals surface area contributed by atoms with Gasteiger partial charge in [0.2, 0.25) is 5.91 Å². The zero-order chi connectivity index (χ0) is 26.9. The van der Waals surface area contributed by atoms with Crippen LogP contribution in [0, 0.1) is 0 Å². The van der Waals surface area contributed by atoms with E-state index in [4.69, 9.17) is 39.5 Å². The molecule has 0 aromatic heterocycles. The minimum absolute atomic E-state index is 0.0356. The number of hydrogen-bond donors (Lipinski definition) is 1. The van der Waals surface area contributed by atoms with Gasteiger partial charge in [0.05, 0.1) is 4.47 Å². The topological polar surface area (TPSA) is 58.6 Å². The molecule has 3 aromatic rings. The van der Waals surface area contributed by atoms with Gasteiger partial charge >= 0.3 is 0 Å². The summed E-state index contributed by atoms with van der Waals surface area (Å²) in [6.07, 6.45) is 1.06. The Morgan fingerprint density at radius 3 is 2.30 bits per heavy atom. The molecule has 0 aliphatic heterocycles. The fourth-order valence-corrected chi connectivity index (χ4v) is 4.98.